The number of benzene rings is 2. The number of hydrogen-bond acceptors (Lipinski definition) is 5. The van der Waals surface area contributed by atoms with Gasteiger partial charge in [-0.3, -0.25) is 4.90 Å². The third kappa shape index (κ3) is 3.46. The molecule has 6 nitrogen and oxygen atoms in total. The highest BCUT2D eigenvalue weighted by Crippen LogP contribution is 2.42. The molecule has 0 N–H and O–H groups in total. The Morgan fingerprint density at radius 3 is 2.50 bits per heavy atom. The number of carbonyl (C=O) groups excluding carboxylic acids is 1. The molecule has 0 aliphatic carbocycles. The molecule has 1 aliphatic heterocycles. The zero-order chi connectivity index (χ0) is 18.5. The second-order valence-corrected chi connectivity index (χ2v) is 5.95. The molecule has 1 unspecified atom stereocenters. The molecular formula is C20H23NO5. The van der Waals surface area contributed by atoms with E-state index in [1.807, 2.05) is 42.5 Å². The molecule has 138 valence electrons. The molecule has 0 saturated carbocycles. The first-order valence-corrected chi connectivity index (χ1v) is 8.43. The average Bonchev–Trinajstić information content (AvgIpc) is 2.70. The van der Waals surface area contributed by atoms with E-state index in [2.05, 4.69) is 0 Å². The van der Waals surface area contributed by atoms with E-state index in [0.29, 0.717) is 24.5 Å². The van der Waals surface area contributed by atoms with Gasteiger partial charge < -0.3 is 18.9 Å². The van der Waals surface area contributed by atoms with Crippen molar-refractivity contribution in [2.75, 3.05) is 27.9 Å². The lowest BCUT2D eigenvalue weighted by Crippen LogP contribution is -2.41. The van der Waals surface area contributed by atoms with Gasteiger partial charge in [0, 0.05) is 13.7 Å². The van der Waals surface area contributed by atoms with Gasteiger partial charge in [-0.1, -0.05) is 36.4 Å². The Kier molecular flexibility index (Phi) is 5.63. The fraction of sp³-hybridized carbons (Fsp3) is 0.350. The molecule has 1 amide bonds. The van der Waals surface area contributed by atoms with E-state index in [0.717, 1.165) is 16.7 Å². The van der Waals surface area contributed by atoms with E-state index in [-0.39, 0.29) is 6.61 Å². The maximum atomic E-state index is 12.7. The largest absolute Gasteiger partial charge is 0.493 e. The Bertz CT molecular complexity index is 762. The minimum absolute atomic E-state index is 0.217. The molecule has 1 aliphatic rings. The second-order valence-electron chi connectivity index (χ2n) is 5.95. The Labute approximate surface area is 153 Å². The highest BCUT2D eigenvalue weighted by Gasteiger charge is 2.35. The van der Waals surface area contributed by atoms with Gasteiger partial charge in [-0.15, -0.1) is 0 Å². The van der Waals surface area contributed by atoms with Crippen molar-refractivity contribution in [3.05, 3.63) is 59.2 Å². The standard InChI is InChI=1S/C20H23NO5/c1-23-16-10-9-15-11-12-21(19(25-3)17(15)18(16)24-2)20(22)26-13-14-7-5-4-6-8-14/h4-10,19H,11-13H2,1-3H3. The number of hydrogen-bond donors (Lipinski definition) is 0. The number of ether oxygens (including phenoxy) is 4. The summed E-state index contributed by atoms with van der Waals surface area (Å²) in [6, 6.07) is 13.4. The van der Waals surface area contributed by atoms with Crippen LogP contribution in [-0.4, -0.2) is 38.9 Å². The first kappa shape index (κ1) is 18.1. The van der Waals surface area contributed by atoms with Crippen molar-refractivity contribution in [1.82, 2.24) is 4.90 Å². The number of methoxy groups -OCH3 is 3. The van der Waals surface area contributed by atoms with Gasteiger partial charge in [-0.25, -0.2) is 4.79 Å². The summed E-state index contributed by atoms with van der Waals surface area (Å²) in [5.41, 5.74) is 2.81. The highest BCUT2D eigenvalue weighted by atomic mass is 16.6. The van der Waals surface area contributed by atoms with Crippen LogP contribution in [-0.2, 0) is 22.5 Å². The molecule has 1 atom stereocenters. The molecule has 0 spiro atoms. The van der Waals surface area contributed by atoms with Crippen molar-refractivity contribution in [3.8, 4) is 11.5 Å². The van der Waals surface area contributed by atoms with Crippen LogP contribution in [0.2, 0.25) is 0 Å². The number of amides is 1. The first-order chi connectivity index (χ1) is 12.7. The van der Waals surface area contributed by atoms with E-state index in [9.17, 15) is 4.79 Å². The summed E-state index contributed by atoms with van der Waals surface area (Å²) in [6.07, 6.45) is -0.320. The van der Waals surface area contributed by atoms with Crippen molar-refractivity contribution in [2.45, 2.75) is 19.3 Å². The third-order valence-corrected chi connectivity index (χ3v) is 4.49. The molecule has 2 aromatic rings. The Balaban J connectivity index is 1.83. The van der Waals surface area contributed by atoms with Crippen LogP contribution >= 0.6 is 0 Å². The predicted molar refractivity (Wildman–Crippen MR) is 96.3 cm³/mol. The SMILES string of the molecule is COc1ccc2c(c1OC)C(OC)N(C(=O)OCc1ccccc1)CC2. The van der Waals surface area contributed by atoms with Gasteiger partial charge in [0.05, 0.1) is 19.8 Å². The summed E-state index contributed by atoms with van der Waals surface area (Å²) in [5.74, 6) is 1.19. The van der Waals surface area contributed by atoms with Gasteiger partial charge in [0.1, 0.15) is 6.61 Å². The van der Waals surface area contributed by atoms with Gasteiger partial charge in [0.15, 0.2) is 17.7 Å². The van der Waals surface area contributed by atoms with E-state index in [1.165, 1.54) is 0 Å². The quantitative estimate of drug-likeness (QED) is 0.819. The number of fused-ring (bicyclic) bond motifs is 1. The minimum Gasteiger partial charge on any atom is -0.493 e. The first-order valence-electron chi connectivity index (χ1n) is 8.43. The molecule has 2 aromatic carbocycles. The number of nitrogens with zero attached hydrogens (tertiary/aromatic N) is 1. The monoisotopic (exact) mass is 357 g/mol. The predicted octanol–water partition coefficient (Wildman–Crippen LogP) is 3.54. The normalized spacial score (nSPS) is 16.0. The molecule has 0 bridgehead atoms. The lowest BCUT2D eigenvalue weighted by atomic mass is 9.96. The Morgan fingerprint density at radius 1 is 1.08 bits per heavy atom. The maximum absolute atomic E-state index is 12.7. The smallest absolute Gasteiger partial charge is 0.412 e. The van der Waals surface area contributed by atoms with Crippen molar-refractivity contribution in [2.24, 2.45) is 0 Å². The fourth-order valence-electron chi connectivity index (χ4n) is 3.23. The summed E-state index contributed by atoms with van der Waals surface area (Å²) in [5, 5.41) is 0. The van der Waals surface area contributed by atoms with Crippen LogP contribution < -0.4 is 9.47 Å². The van der Waals surface area contributed by atoms with Crippen molar-refractivity contribution < 1.29 is 23.7 Å². The van der Waals surface area contributed by atoms with E-state index >= 15 is 0 Å². The Hall–Kier alpha value is -2.73. The summed E-state index contributed by atoms with van der Waals surface area (Å²) < 4.78 is 22.0. The third-order valence-electron chi connectivity index (χ3n) is 4.49. The molecular weight excluding hydrogens is 334 g/mol. The number of carbonyl (C=O) groups is 1. The second kappa shape index (κ2) is 8.10. The van der Waals surface area contributed by atoms with Crippen molar-refractivity contribution in [1.29, 1.82) is 0 Å². The van der Waals surface area contributed by atoms with E-state index < -0.39 is 12.3 Å². The van der Waals surface area contributed by atoms with Crippen LogP contribution in [0.15, 0.2) is 42.5 Å². The summed E-state index contributed by atoms with van der Waals surface area (Å²) in [7, 11) is 4.73. The van der Waals surface area contributed by atoms with Crippen LogP contribution in [0.5, 0.6) is 11.5 Å². The zero-order valence-corrected chi connectivity index (χ0v) is 15.2. The number of rotatable bonds is 5. The molecule has 0 fully saturated rings. The van der Waals surface area contributed by atoms with Crippen LogP contribution in [0, 0.1) is 0 Å². The molecule has 1 heterocycles. The van der Waals surface area contributed by atoms with Crippen LogP contribution in [0.3, 0.4) is 0 Å². The minimum atomic E-state index is -0.591. The molecule has 3 rings (SSSR count). The van der Waals surface area contributed by atoms with Gasteiger partial charge in [-0.05, 0) is 23.6 Å². The van der Waals surface area contributed by atoms with Crippen LogP contribution in [0.25, 0.3) is 0 Å². The summed E-state index contributed by atoms with van der Waals surface area (Å²) in [4.78, 5) is 14.2. The highest BCUT2D eigenvalue weighted by molar-refractivity contribution is 5.69. The van der Waals surface area contributed by atoms with Crippen molar-refractivity contribution >= 4 is 6.09 Å². The Morgan fingerprint density at radius 2 is 1.85 bits per heavy atom. The average molecular weight is 357 g/mol. The topological polar surface area (TPSA) is 57.2 Å². The van der Waals surface area contributed by atoms with Gasteiger partial charge in [0.2, 0.25) is 0 Å². The summed E-state index contributed by atoms with van der Waals surface area (Å²) >= 11 is 0. The lowest BCUT2D eigenvalue weighted by Gasteiger charge is -2.36. The van der Waals surface area contributed by atoms with E-state index in [1.54, 1.807) is 26.2 Å². The lowest BCUT2D eigenvalue weighted by molar-refractivity contribution is -0.0401. The fourth-order valence-corrected chi connectivity index (χ4v) is 3.23. The summed E-state index contributed by atoms with van der Waals surface area (Å²) in [6.45, 7) is 0.726. The van der Waals surface area contributed by atoms with Crippen LogP contribution in [0.4, 0.5) is 4.79 Å². The maximum Gasteiger partial charge on any atom is 0.412 e. The van der Waals surface area contributed by atoms with Crippen LogP contribution in [0.1, 0.15) is 22.9 Å². The molecule has 0 aromatic heterocycles. The van der Waals surface area contributed by atoms with Gasteiger partial charge in [-0.2, -0.15) is 0 Å². The van der Waals surface area contributed by atoms with Gasteiger partial charge >= 0.3 is 6.09 Å². The van der Waals surface area contributed by atoms with Crippen molar-refractivity contribution in [3.63, 3.8) is 0 Å². The molecule has 0 radical (unpaired) electrons. The molecule has 0 saturated heterocycles. The molecule has 6 heteroatoms. The molecule has 26 heavy (non-hydrogen) atoms. The van der Waals surface area contributed by atoms with E-state index in [4.69, 9.17) is 18.9 Å². The zero-order valence-electron chi connectivity index (χ0n) is 15.2. The van der Waals surface area contributed by atoms with Gasteiger partial charge in [0.25, 0.3) is 0 Å².